The lowest BCUT2D eigenvalue weighted by Gasteiger charge is -2.19. The van der Waals surface area contributed by atoms with Crippen LogP contribution in [0.2, 0.25) is 0 Å². The summed E-state index contributed by atoms with van der Waals surface area (Å²) in [5.74, 6) is 1.47. The van der Waals surface area contributed by atoms with Crippen molar-refractivity contribution in [2.45, 2.75) is 26.7 Å². The molecule has 0 spiro atoms. The van der Waals surface area contributed by atoms with Crippen LogP contribution in [0.4, 0.5) is 0 Å². The van der Waals surface area contributed by atoms with Crippen LogP contribution in [0.5, 0.6) is 0 Å². The van der Waals surface area contributed by atoms with Crippen LogP contribution in [0.3, 0.4) is 0 Å². The van der Waals surface area contributed by atoms with Gasteiger partial charge < -0.3 is 25.0 Å². The summed E-state index contributed by atoms with van der Waals surface area (Å²) in [6, 6.07) is 0. The van der Waals surface area contributed by atoms with Crippen LogP contribution in [0, 0.1) is 5.92 Å². The summed E-state index contributed by atoms with van der Waals surface area (Å²) in [4.78, 5) is 6.63. The van der Waals surface area contributed by atoms with E-state index in [0.717, 1.165) is 78.0 Å². The van der Waals surface area contributed by atoms with E-state index in [2.05, 4.69) is 34.4 Å². The van der Waals surface area contributed by atoms with Gasteiger partial charge in [0, 0.05) is 45.8 Å². The standard InChI is InChI=1S/C16H34N4O2.HI/c1-4-20(5-2)10-9-19-16(17-3)18-8-6-11-21-13-15-7-12-22-14-15;/h15H,4-14H2,1-3H3,(H2,17,18,19);1H. The van der Waals surface area contributed by atoms with Gasteiger partial charge in [-0.25, -0.2) is 0 Å². The Bertz CT molecular complexity index is 296. The summed E-state index contributed by atoms with van der Waals surface area (Å²) in [7, 11) is 1.81. The molecule has 0 bridgehead atoms. The van der Waals surface area contributed by atoms with Gasteiger partial charge in [-0.3, -0.25) is 4.99 Å². The zero-order chi connectivity index (χ0) is 16.0. The van der Waals surface area contributed by atoms with Crippen molar-refractivity contribution in [2.75, 3.05) is 66.2 Å². The van der Waals surface area contributed by atoms with E-state index in [0.29, 0.717) is 5.92 Å². The highest BCUT2D eigenvalue weighted by Gasteiger charge is 2.15. The first-order valence-electron chi connectivity index (χ1n) is 8.62. The number of nitrogens with one attached hydrogen (secondary N) is 2. The summed E-state index contributed by atoms with van der Waals surface area (Å²) < 4.78 is 11.0. The lowest BCUT2D eigenvalue weighted by Crippen LogP contribution is -2.42. The molecule has 1 aliphatic heterocycles. The first-order chi connectivity index (χ1) is 10.8. The van der Waals surface area contributed by atoms with Gasteiger partial charge >= 0.3 is 0 Å². The number of likely N-dealkylation sites (N-methyl/N-ethyl adjacent to an activating group) is 1. The minimum Gasteiger partial charge on any atom is -0.381 e. The molecule has 0 aromatic heterocycles. The van der Waals surface area contributed by atoms with Crippen molar-refractivity contribution in [3.05, 3.63) is 0 Å². The van der Waals surface area contributed by atoms with Gasteiger partial charge in [0.05, 0.1) is 13.2 Å². The molecule has 0 amide bonds. The molecule has 0 aromatic carbocycles. The van der Waals surface area contributed by atoms with E-state index in [1.54, 1.807) is 0 Å². The van der Waals surface area contributed by atoms with Crippen LogP contribution in [-0.4, -0.2) is 77.1 Å². The number of guanidine groups is 1. The topological polar surface area (TPSA) is 58.1 Å². The van der Waals surface area contributed by atoms with Gasteiger partial charge in [-0.1, -0.05) is 13.8 Å². The van der Waals surface area contributed by atoms with E-state index in [-0.39, 0.29) is 24.0 Å². The number of halogens is 1. The molecule has 6 nitrogen and oxygen atoms in total. The highest BCUT2D eigenvalue weighted by Crippen LogP contribution is 2.12. The first-order valence-corrected chi connectivity index (χ1v) is 8.62. The number of nitrogens with zero attached hydrogens (tertiary/aromatic N) is 2. The first kappa shape index (κ1) is 22.9. The van der Waals surface area contributed by atoms with Crippen molar-refractivity contribution in [2.24, 2.45) is 10.9 Å². The lowest BCUT2D eigenvalue weighted by atomic mass is 10.1. The van der Waals surface area contributed by atoms with E-state index < -0.39 is 0 Å². The van der Waals surface area contributed by atoms with Gasteiger partial charge in [-0.2, -0.15) is 0 Å². The number of hydrogen-bond acceptors (Lipinski definition) is 4. The Balaban J connectivity index is 0.00000484. The van der Waals surface area contributed by atoms with Crippen molar-refractivity contribution in [3.8, 4) is 0 Å². The van der Waals surface area contributed by atoms with Crippen LogP contribution in [0.15, 0.2) is 4.99 Å². The van der Waals surface area contributed by atoms with Crippen molar-refractivity contribution >= 4 is 29.9 Å². The maximum Gasteiger partial charge on any atom is 0.191 e. The average Bonchev–Trinajstić information content (AvgIpc) is 3.06. The summed E-state index contributed by atoms with van der Waals surface area (Å²) in [6.07, 6.45) is 2.13. The van der Waals surface area contributed by atoms with Crippen molar-refractivity contribution < 1.29 is 9.47 Å². The third kappa shape index (κ3) is 11.1. The highest BCUT2D eigenvalue weighted by molar-refractivity contribution is 14.0. The van der Waals surface area contributed by atoms with Crippen molar-refractivity contribution in [3.63, 3.8) is 0 Å². The molecule has 1 aliphatic rings. The summed E-state index contributed by atoms with van der Waals surface area (Å²) in [5.41, 5.74) is 0. The normalized spacial score (nSPS) is 18.1. The van der Waals surface area contributed by atoms with E-state index in [4.69, 9.17) is 9.47 Å². The average molecular weight is 442 g/mol. The number of rotatable bonds is 11. The SMILES string of the molecule is CCN(CC)CCNC(=NC)NCCCOCC1CCOC1.I. The summed E-state index contributed by atoms with van der Waals surface area (Å²) in [5, 5.41) is 6.67. The fraction of sp³-hybridized carbons (Fsp3) is 0.938. The van der Waals surface area contributed by atoms with Crippen LogP contribution in [-0.2, 0) is 9.47 Å². The Kier molecular flexibility index (Phi) is 15.3. The number of hydrogen-bond donors (Lipinski definition) is 2. The molecular formula is C16H35IN4O2. The zero-order valence-corrected chi connectivity index (χ0v) is 17.3. The molecule has 7 heteroatoms. The van der Waals surface area contributed by atoms with Gasteiger partial charge in [0.25, 0.3) is 0 Å². The van der Waals surface area contributed by atoms with Crippen molar-refractivity contribution in [1.29, 1.82) is 0 Å². The fourth-order valence-corrected chi connectivity index (χ4v) is 2.44. The van der Waals surface area contributed by atoms with E-state index in [1.807, 2.05) is 7.05 Å². The Hall–Kier alpha value is -0.120. The molecule has 0 aliphatic carbocycles. The molecule has 1 saturated heterocycles. The van der Waals surface area contributed by atoms with Crippen LogP contribution >= 0.6 is 24.0 Å². The predicted octanol–water partition coefficient (Wildman–Crippen LogP) is 1.55. The third-order valence-electron chi connectivity index (χ3n) is 3.97. The molecule has 0 aromatic rings. The van der Waals surface area contributed by atoms with Crippen LogP contribution < -0.4 is 10.6 Å². The fourth-order valence-electron chi connectivity index (χ4n) is 2.44. The molecule has 0 saturated carbocycles. The van der Waals surface area contributed by atoms with Gasteiger partial charge in [-0.05, 0) is 25.9 Å². The molecule has 1 heterocycles. The summed E-state index contributed by atoms with van der Waals surface area (Å²) >= 11 is 0. The zero-order valence-electron chi connectivity index (χ0n) is 15.0. The molecule has 1 fully saturated rings. The smallest absolute Gasteiger partial charge is 0.191 e. The predicted molar refractivity (Wildman–Crippen MR) is 107 cm³/mol. The largest absolute Gasteiger partial charge is 0.381 e. The maximum atomic E-state index is 5.69. The second-order valence-corrected chi connectivity index (χ2v) is 5.61. The molecule has 2 N–H and O–H groups in total. The van der Waals surface area contributed by atoms with Crippen molar-refractivity contribution in [1.82, 2.24) is 15.5 Å². The van der Waals surface area contributed by atoms with E-state index in [9.17, 15) is 0 Å². The highest BCUT2D eigenvalue weighted by atomic mass is 127. The molecule has 1 atom stereocenters. The quantitative estimate of drug-likeness (QED) is 0.220. The molecule has 1 unspecified atom stereocenters. The van der Waals surface area contributed by atoms with Crippen LogP contribution in [0.1, 0.15) is 26.7 Å². The van der Waals surface area contributed by atoms with Crippen LogP contribution in [0.25, 0.3) is 0 Å². The molecule has 23 heavy (non-hydrogen) atoms. The van der Waals surface area contributed by atoms with E-state index >= 15 is 0 Å². The Labute approximate surface area is 158 Å². The summed E-state index contributed by atoms with van der Waals surface area (Å²) in [6.45, 7) is 12.8. The van der Waals surface area contributed by atoms with Gasteiger partial charge in [0.1, 0.15) is 0 Å². The maximum absolute atomic E-state index is 5.69. The van der Waals surface area contributed by atoms with E-state index in [1.165, 1.54) is 0 Å². The van der Waals surface area contributed by atoms with Gasteiger partial charge in [0.15, 0.2) is 5.96 Å². The Morgan fingerprint density at radius 1 is 1.26 bits per heavy atom. The van der Waals surface area contributed by atoms with Gasteiger partial charge in [-0.15, -0.1) is 24.0 Å². The Morgan fingerprint density at radius 2 is 2.00 bits per heavy atom. The minimum atomic E-state index is 0. The second-order valence-electron chi connectivity index (χ2n) is 5.61. The molecule has 0 radical (unpaired) electrons. The molecule has 1 rings (SSSR count). The Morgan fingerprint density at radius 3 is 2.61 bits per heavy atom. The minimum absolute atomic E-state index is 0. The number of aliphatic imine (C=N–C) groups is 1. The van der Waals surface area contributed by atoms with Gasteiger partial charge in [0.2, 0.25) is 0 Å². The second kappa shape index (κ2) is 15.4. The molecular weight excluding hydrogens is 407 g/mol. The number of ether oxygens (including phenoxy) is 2. The molecule has 138 valence electrons. The lowest BCUT2D eigenvalue weighted by molar-refractivity contribution is 0.0888. The third-order valence-corrected chi connectivity index (χ3v) is 3.97. The monoisotopic (exact) mass is 442 g/mol.